The third-order valence-electron chi connectivity index (χ3n) is 4.53. The normalized spacial score (nSPS) is 14.3. The quantitative estimate of drug-likeness (QED) is 0.838. The fraction of sp³-hybridized carbons (Fsp3) is 0.286. The van der Waals surface area contributed by atoms with Crippen molar-refractivity contribution in [2.75, 3.05) is 7.05 Å². The predicted octanol–water partition coefficient (Wildman–Crippen LogP) is 4.25. The molecule has 2 aromatic rings. The highest BCUT2D eigenvalue weighted by molar-refractivity contribution is 5.64. The molecule has 2 unspecified atom stereocenters. The van der Waals surface area contributed by atoms with E-state index in [1.165, 1.54) is 16.7 Å². The SMILES string of the molecule is C/C(=C\C(N)N(C)C(C)c1ccc(C#N)cc1)c1ccc(C)cc1. The number of likely N-dealkylation sites (N-methyl/N-ethyl adjacent to an activating group) is 1. The minimum Gasteiger partial charge on any atom is -0.312 e. The van der Waals surface area contributed by atoms with Crippen molar-refractivity contribution in [1.29, 1.82) is 5.26 Å². The van der Waals surface area contributed by atoms with E-state index in [-0.39, 0.29) is 12.2 Å². The van der Waals surface area contributed by atoms with E-state index < -0.39 is 0 Å². The van der Waals surface area contributed by atoms with Crippen LogP contribution in [0.3, 0.4) is 0 Å². The molecule has 0 amide bonds. The molecule has 0 heterocycles. The molecule has 0 spiro atoms. The van der Waals surface area contributed by atoms with Gasteiger partial charge in [-0.3, -0.25) is 4.90 Å². The Kier molecular flexibility index (Phi) is 5.92. The Bertz CT molecular complexity index is 736. The van der Waals surface area contributed by atoms with Gasteiger partial charge in [-0.25, -0.2) is 0 Å². The van der Waals surface area contributed by atoms with Crippen LogP contribution in [-0.2, 0) is 0 Å². The smallest absolute Gasteiger partial charge is 0.0991 e. The maximum Gasteiger partial charge on any atom is 0.0991 e. The first-order valence-electron chi connectivity index (χ1n) is 8.15. The second kappa shape index (κ2) is 7.92. The van der Waals surface area contributed by atoms with Crippen LogP contribution in [0.5, 0.6) is 0 Å². The Morgan fingerprint density at radius 2 is 1.71 bits per heavy atom. The van der Waals surface area contributed by atoms with Gasteiger partial charge in [0.05, 0.1) is 17.8 Å². The van der Waals surface area contributed by atoms with E-state index in [0.717, 1.165) is 5.56 Å². The van der Waals surface area contributed by atoms with Crippen LogP contribution < -0.4 is 5.73 Å². The van der Waals surface area contributed by atoms with Gasteiger partial charge in [-0.1, -0.05) is 42.0 Å². The van der Waals surface area contributed by atoms with Crippen LogP contribution in [-0.4, -0.2) is 18.1 Å². The molecular formula is C21H25N3. The number of nitrogens with zero attached hydrogens (tertiary/aromatic N) is 2. The molecule has 0 saturated heterocycles. The average Bonchev–Trinajstić information content (AvgIpc) is 2.61. The number of benzene rings is 2. The van der Waals surface area contributed by atoms with E-state index in [4.69, 9.17) is 11.0 Å². The van der Waals surface area contributed by atoms with Crippen molar-refractivity contribution in [3.05, 3.63) is 76.9 Å². The second-order valence-corrected chi connectivity index (χ2v) is 6.28. The van der Waals surface area contributed by atoms with Crippen molar-refractivity contribution in [2.45, 2.75) is 33.0 Å². The molecule has 0 aromatic heterocycles. The number of nitrogens with two attached hydrogens (primary N) is 1. The Morgan fingerprint density at radius 3 is 2.25 bits per heavy atom. The highest BCUT2D eigenvalue weighted by atomic mass is 15.2. The summed E-state index contributed by atoms with van der Waals surface area (Å²) >= 11 is 0. The Morgan fingerprint density at radius 1 is 1.12 bits per heavy atom. The molecule has 124 valence electrons. The molecule has 0 aliphatic heterocycles. The van der Waals surface area contributed by atoms with Crippen LogP contribution in [0.15, 0.2) is 54.6 Å². The number of aryl methyl sites for hydroxylation is 1. The molecule has 2 rings (SSSR count). The topological polar surface area (TPSA) is 53.0 Å². The number of rotatable bonds is 5. The van der Waals surface area contributed by atoms with Gasteiger partial charge in [-0.15, -0.1) is 0 Å². The molecule has 0 aliphatic carbocycles. The third-order valence-corrected chi connectivity index (χ3v) is 4.53. The van der Waals surface area contributed by atoms with Crippen molar-refractivity contribution in [3.63, 3.8) is 0 Å². The summed E-state index contributed by atoms with van der Waals surface area (Å²) in [5.74, 6) is 0. The van der Waals surface area contributed by atoms with Gasteiger partial charge >= 0.3 is 0 Å². The lowest BCUT2D eigenvalue weighted by molar-refractivity contribution is 0.221. The van der Waals surface area contributed by atoms with E-state index in [1.54, 1.807) is 0 Å². The van der Waals surface area contributed by atoms with Crippen molar-refractivity contribution in [3.8, 4) is 6.07 Å². The van der Waals surface area contributed by atoms with Crippen molar-refractivity contribution in [1.82, 2.24) is 4.90 Å². The summed E-state index contributed by atoms with van der Waals surface area (Å²) in [6.45, 7) is 6.29. The first kappa shape index (κ1) is 17.9. The fourth-order valence-electron chi connectivity index (χ4n) is 2.62. The van der Waals surface area contributed by atoms with Gasteiger partial charge in [-0.05, 0) is 62.7 Å². The minimum absolute atomic E-state index is 0.162. The van der Waals surface area contributed by atoms with Gasteiger partial charge in [0.15, 0.2) is 0 Å². The molecular weight excluding hydrogens is 294 g/mol. The van der Waals surface area contributed by atoms with Gasteiger partial charge in [0.1, 0.15) is 0 Å². The van der Waals surface area contributed by atoms with Crippen LogP contribution in [0.25, 0.3) is 5.57 Å². The maximum atomic E-state index is 8.90. The van der Waals surface area contributed by atoms with Gasteiger partial charge in [0.25, 0.3) is 0 Å². The van der Waals surface area contributed by atoms with Gasteiger partial charge < -0.3 is 5.73 Å². The van der Waals surface area contributed by atoms with Crippen molar-refractivity contribution in [2.24, 2.45) is 5.73 Å². The summed E-state index contributed by atoms with van der Waals surface area (Å²) in [4.78, 5) is 2.12. The molecule has 24 heavy (non-hydrogen) atoms. The fourth-order valence-corrected chi connectivity index (χ4v) is 2.62. The zero-order valence-electron chi connectivity index (χ0n) is 14.8. The van der Waals surface area contributed by atoms with E-state index >= 15 is 0 Å². The number of allylic oxidation sites excluding steroid dienone is 1. The summed E-state index contributed by atoms with van der Waals surface area (Å²) < 4.78 is 0. The highest BCUT2D eigenvalue weighted by Crippen LogP contribution is 2.22. The lowest BCUT2D eigenvalue weighted by Gasteiger charge is -2.29. The van der Waals surface area contributed by atoms with Crippen LogP contribution in [0, 0.1) is 18.3 Å². The summed E-state index contributed by atoms with van der Waals surface area (Å²) in [6.07, 6.45) is 1.90. The standard InChI is InChI=1S/C21H25N3/c1-15-5-9-19(10-6-15)16(2)13-21(23)24(4)17(3)20-11-7-18(14-22)8-12-20/h5-13,17,21H,23H2,1-4H3/b16-13+. The second-order valence-electron chi connectivity index (χ2n) is 6.28. The molecule has 3 heteroatoms. The van der Waals surface area contributed by atoms with Crippen molar-refractivity contribution < 1.29 is 0 Å². The molecule has 3 nitrogen and oxygen atoms in total. The highest BCUT2D eigenvalue weighted by Gasteiger charge is 2.16. The molecule has 0 fully saturated rings. The number of hydrogen-bond acceptors (Lipinski definition) is 3. The van der Waals surface area contributed by atoms with E-state index in [0.29, 0.717) is 5.56 Å². The van der Waals surface area contributed by atoms with Crippen LogP contribution in [0.2, 0.25) is 0 Å². The Labute approximate surface area is 145 Å². The zero-order valence-corrected chi connectivity index (χ0v) is 14.8. The third kappa shape index (κ3) is 4.32. The van der Waals surface area contributed by atoms with Crippen molar-refractivity contribution >= 4 is 5.57 Å². The monoisotopic (exact) mass is 319 g/mol. The molecule has 0 saturated carbocycles. The van der Waals surface area contributed by atoms with Crippen LogP contribution in [0.4, 0.5) is 0 Å². The Hall–Kier alpha value is -2.41. The van der Waals surface area contributed by atoms with E-state index in [2.05, 4.69) is 62.1 Å². The first-order chi connectivity index (χ1) is 11.4. The molecule has 0 bridgehead atoms. The molecule has 0 radical (unpaired) electrons. The summed E-state index contributed by atoms with van der Waals surface area (Å²) in [5, 5.41) is 8.90. The molecule has 2 atom stereocenters. The van der Waals surface area contributed by atoms with E-state index in [1.807, 2.05) is 31.3 Å². The molecule has 2 N–H and O–H groups in total. The average molecular weight is 319 g/mol. The first-order valence-corrected chi connectivity index (χ1v) is 8.15. The van der Waals surface area contributed by atoms with Crippen LogP contribution >= 0.6 is 0 Å². The summed E-state index contributed by atoms with van der Waals surface area (Å²) in [5.41, 5.74) is 11.8. The van der Waals surface area contributed by atoms with E-state index in [9.17, 15) is 0 Å². The zero-order chi connectivity index (χ0) is 17.7. The summed E-state index contributed by atoms with van der Waals surface area (Å²) in [6, 6.07) is 18.4. The van der Waals surface area contributed by atoms with Crippen LogP contribution in [0.1, 0.15) is 42.1 Å². The minimum atomic E-state index is -0.183. The molecule has 2 aromatic carbocycles. The number of nitriles is 1. The summed E-state index contributed by atoms with van der Waals surface area (Å²) in [7, 11) is 2.02. The largest absolute Gasteiger partial charge is 0.312 e. The van der Waals surface area contributed by atoms with Gasteiger partial charge in [0, 0.05) is 6.04 Å². The van der Waals surface area contributed by atoms with Gasteiger partial charge in [0.2, 0.25) is 0 Å². The number of hydrogen-bond donors (Lipinski definition) is 1. The maximum absolute atomic E-state index is 8.90. The lowest BCUT2D eigenvalue weighted by atomic mass is 10.0. The molecule has 0 aliphatic rings. The van der Waals surface area contributed by atoms with Gasteiger partial charge in [-0.2, -0.15) is 5.26 Å². The predicted molar refractivity (Wildman–Crippen MR) is 100 cm³/mol. The lowest BCUT2D eigenvalue weighted by Crippen LogP contribution is -2.39. The Balaban J connectivity index is 2.12.